The minimum atomic E-state index is -4.33. The van der Waals surface area contributed by atoms with E-state index in [-0.39, 0.29) is 47.2 Å². The van der Waals surface area contributed by atoms with Gasteiger partial charge in [0.05, 0.1) is 0 Å². The summed E-state index contributed by atoms with van der Waals surface area (Å²) in [6.45, 7) is 4.53. The summed E-state index contributed by atoms with van der Waals surface area (Å²) in [4.78, 5) is 13.8. The second-order valence-corrected chi connectivity index (χ2v) is 13.0. The van der Waals surface area contributed by atoms with Crippen LogP contribution in [-0.2, 0) is 11.3 Å². The second-order valence-electron chi connectivity index (χ2n) is 13.0. The van der Waals surface area contributed by atoms with Gasteiger partial charge in [0.2, 0.25) is 5.91 Å². The van der Waals surface area contributed by atoms with Crippen LogP contribution in [0.5, 0.6) is 0 Å². The molecule has 5 rings (SSSR count). The molecule has 4 fully saturated rings. The van der Waals surface area contributed by atoms with Crippen molar-refractivity contribution < 1.29 is 26.8 Å². The summed E-state index contributed by atoms with van der Waals surface area (Å²) < 4.78 is 63.3. The van der Waals surface area contributed by atoms with Crippen molar-refractivity contribution in [3.63, 3.8) is 0 Å². The van der Waals surface area contributed by atoms with Gasteiger partial charge in [-0.25, -0.2) is 4.39 Å². The highest BCUT2D eigenvalue weighted by Crippen LogP contribution is 2.46. The molecule has 9 atom stereocenters. The van der Waals surface area contributed by atoms with Crippen molar-refractivity contribution in [1.82, 2.24) is 15.2 Å². The van der Waals surface area contributed by atoms with Gasteiger partial charge in [0, 0.05) is 24.7 Å². The summed E-state index contributed by atoms with van der Waals surface area (Å²) >= 11 is 0. The molecule has 2 heterocycles. The number of aromatic nitrogens is 1. The van der Waals surface area contributed by atoms with Crippen LogP contribution >= 0.6 is 0 Å². The van der Waals surface area contributed by atoms with Crippen LogP contribution in [0.4, 0.5) is 17.6 Å². The minimum absolute atomic E-state index is 0.0158. The number of hydrogen-bond donors (Lipinski definition) is 3. The third-order valence-corrected chi connectivity index (χ3v) is 10.0. The number of halogens is 4. The Balaban J connectivity index is 1.34. The highest BCUT2D eigenvalue weighted by Gasteiger charge is 2.50. The molecular formula is C29H44F4N4O2. The molecule has 6 nitrogen and oxygen atoms in total. The summed E-state index contributed by atoms with van der Waals surface area (Å²) in [7, 11) is 0. The Morgan fingerprint density at radius 2 is 1.90 bits per heavy atom. The van der Waals surface area contributed by atoms with Crippen molar-refractivity contribution in [3.05, 3.63) is 17.6 Å². The molecule has 3 aliphatic carbocycles. The number of alkyl halides is 4. The highest BCUT2D eigenvalue weighted by molar-refractivity contribution is 5.79. The number of carbonyl (C=O) groups excluding carboxylic acids is 1. The number of aryl methyl sites for hydroxylation is 1. The average Bonchev–Trinajstić information content (AvgIpc) is 3.68. The van der Waals surface area contributed by atoms with Gasteiger partial charge in [-0.15, -0.1) is 0 Å². The first-order valence-electron chi connectivity index (χ1n) is 15.0. The molecule has 1 saturated heterocycles. The summed E-state index contributed by atoms with van der Waals surface area (Å²) in [6.07, 6.45) is 3.67. The lowest BCUT2D eigenvalue weighted by Crippen LogP contribution is -2.54. The van der Waals surface area contributed by atoms with Crippen molar-refractivity contribution in [2.24, 2.45) is 41.4 Å². The van der Waals surface area contributed by atoms with Gasteiger partial charge in [0.15, 0.2) is 0 Å². The molecule has 3 N–H and O–H groups in total. The van der Waals surface area contributed by atoms with Crippen molar-refractivity contribution in [3.8, 4) is 0 Å². The predicted molar refractivity (Wildman–Crippen MR) is 138 cm³/mol. The van der Waals surface area contributed by atoms with E-state index in [0.717, 1.165) is 25.7 Å². The van der Waals surface area contributed by atoms with Crippen LogP contribution in [0.1, 0.15) is 76.9 Å². The molecule has 4 aliphatic rings. The largest absolute Gasteiger partial charge is 0.429 e. The summed E-state index contributed by atoms with van der Waals surface area (Å²) in [6, 6.07) is -1.53. The van der Waals surface area contributed by atoms with E-state index in [9.17, 15) is 22.4 Å². The van der Waals surface area contributed by atoms with Crippen LogP contribution in [0.2, 0.25) is 0 Å². The predicted octanol–water partition coefficient (Wildman–Crippen LogP) is 5.50. The Hall–Kier alpha value is -1.84. The lowest BCUT2D eigenvalue weighted by atomic mass is 9.66. The van der Waals surface area contributed by atoms with Crippen LogP contribution in [0.3, 0.4) is 0 Å². The molecule has 39 heavy (non-hydrogen) atoms. The lowest BCUT2D eigenvalue weighted by Gasteiger charge is -2.44. The molecule has 1 aromatic rings. The maximum Gasteiger partial charge on any atom is 0.404 e. The Bertz CT molecular complexity index is 1050. The third kappa shape index (κ3) is 6.73. The first-order chi connectivity index (χ1) is 18.5. The number of nitrogens with zero attached hydrogens (tertiary/aromatic N) is 1. The Labute approximate surface area is 228 Å². The van der Waals surface area contributed by atoms with Gasteiger partial charge in [0.25, 0.3) is 5.68 Å². The van der Waals surface area contributed by atoms with E-state index in [0.29, 0.717) is 63.3 Å². The first-order valence-corrected chi connectivity index (χ1v) is 15.0. The average molecular weight is 557 g/mol. The normalized spacial score (nSPS) is 36.9. The van der Waals surface area contributed by atoms with Crippen LogP contribution in [0.15, 0.2) is 10.6 Å². The third-order valence-electron chi connectivity index (χ3n) is 10.0. The van der Waals surface area contributed by atoms with Crippen molar-refractivity contribution >= 4 is 5.91 Å². The molecule has 10 heteroatoms. The maximum atomic E-state index is 14.2. The van der Waals surface area contributed by atoms with Gasteiger partial charge < -0.3 is 15.1 Å². The minimum Gasteiger partial charge on any atom is -0.429 e. The Morgan fingerprint density at radius 3 is 2.54 bits per heavy atom. The smallest absolute Gasteiger partial charge is 0.404 e. The highest BCUT2D eigenvalue weighted by atomic mass is 19.4. The van der Waals surface area contributed by atoms with Crippen LogP contribution < -0.4 is 16.3 Å². The van der Waals surface area contributed by atoms with E-state index in [2.05, 4.69) is 10.6 Å². The van der Waals surface area contributed by atoms with E-state index in [1.807, 2.05) is 6.92 Å². The monoisotopic (exact) mass is 556 g/mol. The number of hydrogen-bond acceptors (Lipinski definition) is 4. The number of piperidine rings is 1. The number of rotatable bonds is 7. The molecule has 8 unspecified atom stereocenters. The first kappa shape index (κ1) is 28.7. The molecule has 1 amide bonds. The van der Waals surface area contributed by atoms with Gasteiger partial charge in [-0.1, -0.05) is 6.92 Å². The fourth-order valence-corrected chi connectivity index (χ4v) is 7.99. The van der Waals surface area contributed by atoms with Gasteiger partial charge >= 0.3 is 6.18 Å². The van der Waals surface area contributed by atoms with Gasteiger partial charge in [0.1, 0.15) is 18.0 Å². The van der Waals surface area contributed by atoms with E-state index in [4.69, 9.17) is 9.83 Å². The van der Waals surface area contributed by atoms with Gasteiger partial charge in [-0.05, 0) is 113 Å². The number of carbonyl (C=O) groups is 1. The molecule has 220 valence electrons. The Morgan fingerprint density at radius 1 is 1.15 bits per heavy atom. The van der Waals surface area contributed by atoms with Gasteiger partial charge in [-0.2, -0.15) is 13.2 Å². The van der Waals surface area contributed by atoms with Crippen molar-refractivity contribution in [2.45, 2.75) is 109 Å². The summed E-state index contributed by atoms with van der Waals surface area (Å²) in [5, 5.41) is 14.2. The molecule has 1 aromatic heterocycles. The number of nitrogens with one attached hydrogen (secondary N) is 3. The standard InChI is InChI=1S/C29H44F4N4O2/c1-16-10-20(7-8-24(16)30)25(19-5-6-19)36-27(38)22-12-18(15-37-14-17(2)39-28(37)34)11-21(13-22)23-4-3-9-35-26(23)29(31,32)33/h14,16,18-26,34-35H,3-13,15H2,1-2H3,(H,36,38)/t16?,18?,20?,21?,22?,23?,24?,25-,26?/m0/s1. The second kappa shape index (κ2) is 11.6. The molecule has 0 bridgehead atoms. The fraction of sp³-hybridized carbons (Fsp3) is 0.862. The van der Waals surface area contributed by atoms with Crippen LogP contribution in [0, 0.1) is 53.8 Å². The molecular weight excluding hydrogens is 512 g/mol. The van der Waals surface area contributed by atoms with Crippen molar-refractivity contribution in [2.75, 3.05) is 6.54 Å². The number of oxazole rings is 1. The molecule has 3 saturated carbocycles. The zero-order valence-corrected chi connectivity index (χ0v) is 23.1. The lowest BCUT2D eigenvalue weighted by molar-refractivity contribution is -0.179. The van der Waals surface area contributed by atoms with Crippen molar-refractivity contribution in [1.29, 1.82) is 5.41 Å². The zero-order valence-electron chi connectivity index (χ0n) is 23.1. The Kier molecular flexibility index (Phi) is 8.51. The van der Waals surface area contributed by atoms with E-state index >= 15 is 0 Å². The van der Waals surface area contributed by atoms with E-state index in [1.54, 1.807) is 17.7 Å². The van der Waals surface area contributed by atoms with Gasteiger partial charge in [-0.3, -0.25) is 14.8 Å². The summed E-state index contributed by atoms with van der Waals surface area (Å²) in [5.41, 5.74) is 0.0227. The van der Waals surface area contributed by atoms with Crippen LogP contribution in [0.25, 0.3) is 0 Å². The zero-order chi connectivity index (χ0) is 27.9. The molecule has 0 aromatic carbocycles. The van der Waals surface area contributed by atoms with Crippen LogP contribution in [-0.4, -0.2) is 41.5 Å². The van der Waals surface area contributed by atoms with E-state index < -0.39 is 24.3 Å². The topological polar surface area (TPSA) is 83.0 Å². The molecule has 0 radical (unpaired) electrons. The fourth-order valence-electron chi connectivity index (χ4n) is 7.99. The quantitative estimate of drug-likeness (QED) is 0.388. The molecule has 0 spiro atoms. The maximum absolute atomic E-state index is 14.2. The SMILES string of the molecule is Cc1cn(CC2CC(C(=O)N[C@@H](C3CC3)C3CCC(F)C(C)C3)CC(C3CCCNC3C(F)(F)F)C2)c(=N)o1. The van der Waals surface area contributed by atoms with E-state index in [1.165, 1.54) is 0 Å². The summed E-state index contributed by atoms with van der Waals surface area (Å²) in [5.74, 6) is 0.0231. The molecule has 1 aliphatic heterocycles. The number of amides is 1.